The highest BCUT2D eigenvalue weighted by Crippen LogP contribution is 2.27. The van der Waals surface area contributed by atoms with Gasteiger partial charge in [-0.3, -0.25) is 0 Å². The van der Waals surface area contributed by atoms with Gasteiger partial charge in [0, 0.05) is 0 Å². The van der Waals surface area contributed by atoms with Crippen LogP contribution in [0.2, 0.25) is 0 Å². The molecule has 0 N–H and O–H groups in total. The maximum atomic E-state index is 12.7. The Morgan fingerprint density at radius 2 is 0.444 bits per heavy atom. The van der Waals surface area contributed by atoms with Crippen molar-refractivity contribution in [3.8, 4) is 0 Å². The third-order valence-electron chi connectivity index (χ3n) is 2.00. The normalized spacial score (nSPS) is 22.7. The Hall–Kier alpha value is -0.700. The highest BCUT2D eigenvalue weighted by atomic mass is 19.3. The summed E-state index contributed by atoms with van der Waals surface area (Å²) in [4.78, 5) is 0. The molecule has 110 valence electrons. The van der Waals surface area contributed by atoms with E-state index in [1.165, 1.54) is 0 Å². The largest absolute Gasteiger partial charge is 0.272 e. The summed E-state index contributed by atoms with van der Waals surface area (Å²) in [5.74, 6) is 0. The predicted molar refractivity (Wildman–Crippen MR) is 41.4 cm³/mol. The van der Waals surface area contributed by atoms with Crippen LogP contribution < -0.4 is 0 Å². The number of rotatable bonds is 7. The molecule has 0 aromatic carbocycles. The molecule has 0 aromatic heterocycles. The summed E-state index contributed by atoms with van der Waals surface area (Å²) in [6.07, 6.45) is -30.8. The molecule has 0 saturated heterocycles. The molecule has 0 rings (SSSR count). The molecule has 6 atom stereocenters. The topological polar surface area (TPSA) is 0 Å². The van der Waals surface area contributed by atoms with E-state index in [1.54, 1.807) is 0 Å². The standard InChI is InChI=1S/C8H8F10/c9-1(3(11)5(13)7(15)16)2(10)4(12)6(14)8(17)18/h1-8H. The van der Waals surface area contributed by atoms with Crippen LogP contribution in [0, 0.1) is 0 Å². The van der Waals surface area contributed by atoms with E-state index in [4.69, 9.17) is 0 Å². The zero-order chi connectivity index (χ0) is 14.6. The highest BCUT2D eigenvalue weighted by molar-refractivity contribution is 4.90. The van der Waals surface area contributed by atoms with Crippen molar-refractivity contribution in [1.82, 2.24) is 0 Å². The Morgan fingerprint density at radius 1 is 0.278 bits per heavy atom. The first-order valence-corrected chi connectivity index (χ1v) is 4.52. The van der Waals surface area contributed by atoms with Gasteiger partial charge < -0.3 is 0 Å². The van der Waals surface area contributed by atoms with Gasteiger partial charge in [0.15, 0.2) is 37.0 Å². The number of hydrogen-bond acceptors (Lipinski definition) is 0. The summed E-state index contributed by atoms with van der Waals surface area (Å²) in [6.45, 7) is 0. The summed E-state index contributed by atoms with van der Waals surface area (Å²) >= 11 is 0. The van der Waals surface area contributed by atoms with E-state index in [1.807, 2.05) is 0 Å². The second-order valence-electron chi connectivity index (χ2n) is 3.34. The van der Waals surface area contributed by atoms with Crippen molar-refractivity contribution < 1.29 is 43.9 Å². The SMILES string of the molecule is FC(F)C(F)C(F)C(F)C(F)C(F)C(F)C(F)F. The number of halogens is 10. The summed E-state index contributed by atoms with van der Waals surface area (Å²) in [5, 5.41) is 0. The van der Waals surface area contributed by atoms with Crippen molar-refractivity contribution >= 4 is 0 Å². The lowest BCUT2D eigenvalue weighted by atomic mass is 10.0. The third-order valence-corrected chi connectivity index (χ3v) is 2.00. The second kappa shape index (κ2) is 7.03. The lowest BCUT2D eigenvalue weighted by molar-refractivity contribution is -0.0769. The fourth-order valence-electron chi connectivity index (χ4n) is 0.980. The molecule has 10 heteroatoms. The zero-order valence-corrected chi connectivity index (χ0v) is 8.40. The monoisotopic (exact) mass is 294 g/mol. The Kier molecular flexibility index (Phi) is 6.76. The van der Waals surface area contributed by atoms with Gasteiger partial charge in [0.1, 0.15) is 0 Å². The smallest absolute Gasteiger partial charge is 0.241 e. The molecule has 0 radical (unpaired) electrons. The van der Waals surface area contributed by atoms with E-state index in [0.717, 1.165) is 0 Å². The fraction of sp³-hybridized carbons (Fsp3) is 1.00. The lowest BCUT2D eigenvalue weighted by Crippen LogP contribution is -2.45. The van der Waals surface area contributed by atoms with E-state index < -0.39 is 49.9 Å². The van der Waals surface area contributed by atoms with Crippen molar-refractivity contribution in [2.45, 2.75) is 49.9 Å². The molecule has 0 bridgehead atoms. The van der Waals surface area contributed by atoms with Crippen LogP contribution in [-0.2, 0) is 0 Å². The lowest BCUT2D eigenvalue weighted by Gasteiger charge is -2.23. The third kappa shape index (κ3) is 4.20. The Morgan fingerprint density at radius 3 is 0.611 bits per heavy atom. The minimum atomic E-state index is -4.01. The van der Waals surface area contributed by atoms with Crippen LogP contribution in [0.25, 0.3) is 0 Å². The average molecular weight is 294 g/mol. The Bertz CT molecular complexity index is 210. The molecule has 0 heterocycles. The Balaban J connectivity index is 4.63. The fourth-order valence-corrected chi connectivity index (χ4v) is 0.980. The van der Waals surface area contributed by atoms with Crippen LogP contribution in [0.15, 0.2) is 0 Å². The maximum Gasteiger partial charge on any atom is 0.272 e. The molecule has 0 fully saturated rings. The average Bonchev–Trinajstić information content (AvgIpc) is 2.32. The molecule has 0 saturated carbocycles. The van der Waals surface area contributed by atoms with Crippen molar-refractivity contribution in [2.75, 3.05) is 0 Å². The molecule has 0 aliphatic rings. The van der Waals surface area contributed by atoms with Gasteiger partial charge >= 0.3 is 0 Å². The molecule has 0 amide bonds. The predicted octanol–water partition coefficient (Wildman–Crippen LogP) is 3.55. The van der Waals surface area contributed by atoms with E-state index in [-0.39, 0.29) is 0 Å². The van der Waals surface area contributed by atoms with Gasteiger partial charge in [-0.1, -0.05) is 0 Å². The van der Waals surface area contributed by atoms with Gasteiger partial charge in [-0.15, -0.1) is 0 Å². The van der Waals surface area contributed by atoms with Crippen molar-refractivity contribution in [1.29, 1.82) is 0 Å². The number of hydrogen-bond donors (Lipinski definition) is 0. The van der Waals surface area contributed by atoms with Crippen molar-refractivity contribution in [3.05, 3.63) is 0 Å². The van der Waals surface area contributed by atoms with Crippen LogP contribution in [0.3, 0.4) is 0 Å². The maximum absolute atomic E-state index is 12.7. The van der Waals surface area contributed by atoms with Gasteiger partial charge in [0.25, 0.3) is 12.9 Å². The summed E-state index contributed by atoms with van der Waals surface area (Å²) in [7, 11) is 0. The van der Waals surface area contributed by atoms with Gasteiger partial charge in [0.2, 0.25) is 0 Å². The first-order chi connectivity index (χ1) is 8.11. The van der Waals surface area contributed by atoms with Gasteiger partial charge in [0.05, 0.1) is 0 Å². The quantitative estimate of drug-likeness (QED) is 0.630. The van der Waals surface area contributed by atoms with Crippen molar-refractivity contribution in [2.24, 2.45) is 0 Å². The molecule has 6 unspecified atom stereocenters. The molecule has 0 nitrogen and oxygen atoms in total. The van der Waals surface area contributed by atoms with Crippen LogP contribution in [-0.4, -0.2) is 49.9 Å². The molecular weight excluding hydrogens is 286 g/mol. The molecule has 0 aromatic rings. The minimum absolute atomic E-state index is 3.77. The van der Waals surface area contributed by atoms with E-state index in [0.29, 0.717) is 0 Å². The molecular formula is C8H8F10. The molecule has 0 aliphatic heterocycles. The van der Waals surface area contributed by atoms with Crippen molar-refractivity contribution in [3.63, 3.8) is 0 Å². The van der Waals surface area contributed by atoms with Crippen LogP contribution in [0.1, 0.15) is 0 Å². The molecule has 18 heavy (non-hydrogen) atoms. The van der Waals surface area contributed by atoms with Gasteiger partial charge in [-0.2, -0.15) is 0 Å². The first-order valence-electron chi connectivity index (χ1n) is 4.52. The number of alkyl halides is 10. The van der Waals surface area contributed by atoms with Gasteiger partial charge in [-0.05, 0) is 0 Å². The van der Waals surface area contributed by atoms with E-state index >= 15 is 0 Å². The van der Waals surface area contributed by atoms with Crippen LogP contribution >= 0.6 is 0 Å². The highest BCUT2D eigenvalue weighted by Gasteiger charge is 2.47. The second-order valence-corrected chi connectivity index (χ2v) is 3.34. The van der Waals surface area contributed by atoms with E-state index in [2.05, 4.69) is 0 Å². The van der Waals surface area contributed by atoms with E-state index in [9.17, 15) is 43.9 Å². The Labute approximate surface area is 94.9 Å². The van der Waals surface area contributed by atoms with Gasteiger partial charge in [-0.25, -0.2) is 43.9 Å². The minimum Gasteiger partial charge on any atom is -0.241 e. The summed E-state index contributed by atoms with van der Waals surface area (Å²) in [6, 6.07) is 0. The molecule has 0 spiro atoms. The zero-order valence-electron chi connectivity index (χ0n) is 8.40. The molecule has 0 aliphatic carbocycles. The first kappa shape index (κ1) is 17.3. The summed E-state index contributed by atoms with van der Waals surface area (Å²) < 4.78 is 121. The van der Waals surface area contributed by atoms with Crippen LogP contribution in [0.4, 0.5) is 43.9 Å². The summed E-state index contributed by atoms with van der Waals surface area (Å²) in [5.41, 5.74) is 0. The van der Waals surface area contributed by atoms with Crippen LogP contribution in [0.5, 0.6) is 0 Å².